The second kappa shape index (κ2) is 28.9. The monoisotopic (exact) mass is 550 g/mol. The molecular weight excluding hydrogens is 496 g/mol. The van der Waals surface area contributed by atoms with E-state index in [1.54, 1.807) is 0 Å². The van der Waals surface area contributed by atoms with Gasteiger partial charge < -0.3 is 10.2 Å². The summed E-state index contributed by atoms with van der Waals surface area (Å²) in [4.78, 5) is 23.4. The van der Waals surface area contributed by atoms with Crippen molar-refractivity contribution in [2.75, 3.05) is 0 Å². The van der Waals surface area contributed by atoms with Crippen LogP contribution in [-0.4, -0.2) is 22.2 Å². The lowest BCUT2D eigenvalue weighted by Gasteiger charge is -2.22. The molecule has 4 heteroatoms. The summed E-state index contributed by atoms with van der Waals surface area (Å²) in [5.74, 6) is -2.64. The quantitative estimate of drug-likeness (QED) is 0.0875. The average molecular weight is 551 g/mol. The summed E-state index contributed by atoms with van der Waals surface area (Å²) in [5.41, 5.74) is 0. The molecule has 0 aliphatic rings. The molecule has 2 atom stereocenters. The summed E-state index contributed by atoms with van der Waals surface area (Å²) >= 11 is 0. The van der Waals surface area contributed by atoms with Crippen LogP contribution in [-0.2, 0) is 9.59 Å². The topological polar surface area (TPSA) is 74.6 Å². The van der Waals surface area contributed by atoms with Crippen molar-refractivity contribution < 1.29 is 19.8 Å². The molecule has 0 aromatic carbocycles. The molecule has 222 valence electrons. The van der Waals surface area contributed by atoms with Gasteiger partial charge in [-0.2, -0.15) is 0 Å². The molecule has 0 fully saturated rings. The predicted octanol–water partition coefficient (Wildman–Crippen LogP) is 10.3. The maximum Gasteiger partial charge on any atom is 0.306 e. The molecule has 4 nitrogen and oxygen atoms in total. The zero-order chi connectivity index (χ0) is 29.5. The lowest BCUT2D eigenvalue weighted by atomic mass is 9.82. The summed E-state index contributed by atoms with van der Waals surface area (Å²) in [6.07, 6.45) is 44.8. The van der Waals surface area contributed by atoms with E-state index in [0.717, 1.165) is 70.6 Å². The lowest BCUT2D eigenvalue weighted by Crippen LogP contribution is -2.26. The molecule has 0 spiro atoms. The molecular formula is C36H54O4. The van der Waals surface area contributed by atoms with Crippen molar-refractivity contribution in [3.8, 4) is 0 Å². The summed E-state index contributed by atoms with van der Waals surface area (Å²) < 4.78 is 0. The number of aliphatic carboxylic acids is 2. The van der Waals surface area contributed by atoms with Gasteiger partial charge in [0.2, 0.25) is 0 Å². The van der Waals surface area contributed by atoms with Gasteiger partial charge in [0.05, 0.1) is 5.92 Å². The molecule has 0 aromatic rings. The number of hydrogen-bond donors (Lipinski definition) is 2. The third-order valence-corrected chi connectivity index (χ3v) is 6.53. The van der Waals surface area contributed by atoms with Crippen LogP contribution in [0.15, 0.2) is 97.2 Å². The number of carboxylic acids is 2. The second-order valence-corrected chi connectivity index (χ2v) is 10.0. The van der Waals surface area contributed by atoms with Crippen molar-refractivity contribution in [2.24, 2.45) is 11.8 Å². The standard InChI is InChI=1S/C36H54O4/c1-3-5-7-9-11-13-15-17-19-21-23-25-27-29-31-34(36(39)40)33(32-35(37)38)30-28-26-24-22-20-18-16-14-12-10-8-6-4-2/h5-20,33-34H,3-4,21-32H2,1-2H3,(H,37,38)(H,39,40). The normalized spacial score (nSPS) is 14.6. The van der Waals surface area contributed by atoms with E-state index in [-0.39, 0.29) is 12.3 Å². The Kier molecular flexibility index (Phi) is 26.6. The van der Waals surface area contributed by atoms with E-state index in [4.69, 9.17) is 0 Å². The molecule has 0 radical (unpaired) electrons. The van der Waals surface area contributed by atoms with Gasteiger partial charge in [-0.25, -0.2) is 0 Å². The predicted molar refractivity (Wildman–Crippen MR) is 171 cm³/mol. The van der Waals surface area contributed by atoms with Gasteiger partial charge in [-0.3, -0.25) is 9.59 Å². The fourth-order valence-electron chi connectivity index (χ4n) is 4.35. The molecule has 0 aliphatic carbocycles. The van der Waals surface area contributed by atoms with E-state index < -0.39 is 17.9 Å². The minimum Gasteiger partial charge on any atom is -0.481 e. The second-order valence-electron chi connectivity index (χ2n) is 10.0. The molecule has 0 aromatic heterocycles. The Morgan fingerprint density at radius 2 is 0.925 bits per heavy atom. The number of rotatable bonds is 25. The van der Waals surface area contributed by atoms with Crippen LogP contribution in [0.4, 0.5) is 0 Å². The van der Waals surface area contributed by atoms with Crippen LogP contribution in [0.5, 0.6) is 0 Å². The van der Waals surface area contributed by atoms with Crippen LogP contribution in [0.3, 0.4) is 0 Å². The first kappa shape index (κ1) is 36.9. The molecule has 0 heterocycles. The minimum atomic E-state index is -0.904. The first-order valence-electron chi connectivity index (χ1n) is 15.3. The molecule has 2 N–H and O–H groups in total. The van der Waals surface area contributed by atoms with Crippen molar-refractivity contribution in [1.29, 1.82) is 0 Å². The van der Waals surface area contributed by atoms with Crippen molar-refractivity contribution in [2.45, 2.75) is 104 Å². The number of hydrogen-bond acceptors (Lipinski definition) is 2. The zero-order valence-electron chi connectivity index (χ0n) is 25.0. The van der Waals surface area contributed by atoms with Gasteiger partial charge in [-0.05, 0) is 57.3 Å². The Morgan fingerprint density at radius 1 is 0.525 bits per heavy atom. The number of allylic oxidation sites excluding steroid dienone is 16. The van der Waals surface area contributed by atoms with Gasteiger partial charge >= 0.3 is 11.9 Å². The molecule has 0 saturated carbocycles. The molecule has 0 aliphatic heterocycles. The van der Waals surface area contributed by atoms with Crippen LogP contribution < -0.4 is 0 Å². The average Bonchev–Trinajstić information content (AvgIpc) is 2.92. The highest BCUT2D eigenvalue weighted by Gasteiger charge is 2.29. The molecule has 40 heavy (non-hydrogen) atoms. The van der Waals surface area contributed by atoms with Crippen molar-refractivity contribution in [3.63, 3.8) is 0 Å². The fourth-order valence-corrected chi connectivity index (χ4v) is 4.35. The highest BCUT2D eigenvalue weighted by Crippen LogP contribution is 2.28. The van der Waals surface area contributed by atoms with Crippen LogP contribution in [0.1, 0.15) is 104 Å². The Labute approximate surface area is 244 Å². The highest BCUT2D eigenvalue weighted by molar-refractivity contribution is 5.72. The van der Waals surface area contributed by atoms with E-state index in [1.807, 2.05) is 66.8 Å². The molecule has 2 unspecified atom stereocenters. The van der Waals surface area contributed by atoms with Crippen molar-refractivity contribution in [1.82, 2.24) is 0 Å². The van der Waals surface area contributed by atoms with E-state index in [9.17, 15) is 19.8 Å². The third kappa shape index (κ3) is 25.2. The maximum atomic E-state index is 12.0. The van der Waals surface area contributed by atoms with Crippen LogP contribution in [0, 0.1) is 11.8 Å². The van der Waals surface area contributed by atoms with Crippen LogP contribution in [0.2, 0.25) is 0 Å². The van der Waals surface area contributed by atoms with Gasteiger partial charge in [0.15, 0.2) is 0 Å². The van der Waals surface area contributed by atoms with Crippen molar-refractivity contribution >= 4 is 11.9 Å². The summed E-state index contributed by atoms with van der Waals surface area (Å²) in [6, 6.07) is 0. The van der Waals surface area contributed by atoms with E-state index >= 15 is 0 Å². The fraction of sp³-hybridized carbons (Fsp3) is 0.500. The summed E-state index contributed by atoms with van der Waals surface area (Å²) in [5, 5.41) is 19.2. The van der Waals surface area contributed by atoms with Gasteiger partial charge in [0.1, 0.15) is 0 Å². The van der Waals surface area contributed by atoms with Gasteiger partial charge in [0.25, 0.3) is 0 Å². The van der Waals surface area contributed by atoms with Gasteiger partial charge in [0, 0.05) is 6.42 Å². The SMILES string of the molecule is CCC=CC=CC=CC=CCCCCCCC(C(=O)O)C(CCCCCC=CC=CC=CC=CCC)CC(=O)O. The Balaban J connectivity index is 4.29. The Bertz CT molecular complexity index is 867. The van der Waals surface area contributed by atoms with Gasteiger partial charge in [-0.1, -0.05) is 143 Å². The first-order valence-corrected chi connectivity index (χ1v) is 15.3. The van der Waals surface area contributed by atoms with Gasteiger partial charge in [-0.15, -0.1) is 0 Å². The zero-order valence-corrected chi connectivity index (χ0v) is 25.0. The molecule has 0 saturated heterocycles. The number of carboxylic acid groups (broad SMARTS) is 2. The highest BCUT2D eigenvalue weighted by atomic mass is 16.4. The minimum absolute atomic E-state index is 0.0645. The van der Waals surface area contributed by atoms with Crippen LogP contribution >= 0.6 is 0 Å². The summed E-state index contributed by atoms with van der Waals surface area (Å²) in [7, 11) is 0. The molecule has 0 amide bonds. The Morgan fingerprint density at radius 3 is 1.38 bits per heavy atom. The Hall–Kier alpha value is -3.14. The smallest absolute Gasteiger partial charge is 0.306 e. The summed E-state index contributed by atoms with van der Waals surface area (Å²) in [6.45, 7) is 4.22. The maximum absolute atomic E-state index is 12.0. The number of unbranched alkanes of at least 4 members (excludes halogenated alkanes) is 7. The number of carbonyl (C=O) groups is 2. The molecule has 0 rings (SSSR count). The van der Waals surface area contributed by atoms with Crippen molar-refractivity contribution in [3.05, 3.63) is 97.2 Å². The van der Waals surface area contributed by atoms with E-state index in [2.05, 4.69) is 44.2 Å². The molecule has 0 bridgehead atoms. The largest absolute Gasteiger partial charge is 0.481 e. The van der Waals surface area contributed by atoms with E-state index in [0.29, 0.717) is 12.8 Å². The van der Waals surface area contributed by atoms with Crippen LogP contribution in [0.25, 0.3) is 0 Å². The first-order chi connectivity index (χ1) is 19.5. The lowest BCUT2D eigenvalue weighted by molar-refractivity contribution is -0.146. The third-order valence-electron chi connectivity index (χ3n) is 6.53. The van der Waals surface area contributed by atoms with E-state index in [1.165, 1.54) is 0 Å².